The van der Waals surface area contributed by atoms with E-state index in [9.17, 15) is 31.1 Å². The van der Waals surface area contributed by atoms with Crippen LogP contribution in [-0.2, 0) is 10.9 Å². The first kappa shape index (κ1) is 15.1. The summed E-state index contributed by atoms with van der Waals surface area (Å²) < 4.78 is 81.5. The molecule has 0 heterocycles. The Balaban J connectivity index is 3.45. The van der Waals surface area contributed by atoms with Crippen molar-refractivity contribution in [2.24, 2.45) is 0 Å². The van der Waals surface area contributed by atoms with E-state index >= 15 is 0 Å². The van der Waals surface area contributed by atoms with Crippen molar-refractivity contribution in [1.82, 2.24) is 0 Å². The lowest BCUT2D eigenvalue weighted by molar-refractivity contribution is -0.276. The van der Waals surface area contributed by atoms with Gasteiger partial charge >= 0.3 is 18.5 Å². The molecule has 0 radical (unpaired) electrons. The van der Waals surface area contributed by atoms with Crippen molar-refractivity contribution in [2.45, 2.75) is 12.5 Å². The number of esters is 1. The molecule has 0 atom stereocenters. The number of ether oxygens (including phenoxy) is 2. The summed E-state index contributed by atoms with van der Waals surface area (Å²) in [6.45, 7) is 0. The van der Waals surface area contributed by atoms with Gasteiger partial charge in [0.1, 0.15) is 5.56 Å². The summed E-state index contributed by atoms with van der Waals surface area (Å²) in [6, 6.07) is 1.88. The fraction of sp³-hybridized carbons (Fsp3) is 0.300. The summed E-state index contributed by atoms with van der Waals surface area (Å²) in [5, 5.41) is 0. The number of carbonyl (C=O) groups excluding carboxylic acids is 1. The normalized spacial score (nSPS) is 12.2. The van der Waals surface area contributed by atoms with Crippen LogP contribution in [0.1, 0.15) is 15.9 Å². The van der Waals surface area contributed by atoms with Crippen molar-refractivity contribution in [1.29, 1.82) is 0 Å². The Kier molecular flexibility index (Phi) is 3.97. The largest absolute Gasteiger partial charge is 0.573 e. The van der Waals surface area contributed by atoms with Crippen LogP contribution in [0, 0.1) is 0 Å². The third-order valence-electron chi connectivity index (χ3n) is 1.94. The van der Waals surface area contributed by atoms with Crippen molar-refractivity contribution >= 4 is 5.97 Å². The molecule has 0 amide bonds. The minimum Gasteiger partial charge on any atom is -0.465 e. The molecule has 3 nitrogen and oxygen atoms in total. The molecule has 0 aliphatic carbocycles. The number of rotatable bonds is 2. The van der Waals surface area contributed by atoms with Crippen LogP contribution in [0.2, 0.25) is 0 Å². The lowest BCUT2D eigenvalue weighted by Crippen LogP contribution is -2.22. The van der Waals surface area contributed by atoms with Gasteiger partial charge in [-0.25, -0.2) is 4.79 Å². The van der Waals surface area contributed by atoms with Gasteiger partial charge in [-0.1, -0.05) is 6.07 Å². The van der Waals surface area contributed by atoms with E-state index in [1.54, 1.807) is 0 Å². The Morgan fingerprint density at radius 1 is 1.11 bits per heavy atom. The number of alkyl halides is 6. The molecule has 19 heavy (non-hydrogen) atoms. The van der Waals surface area contributed by atoms with E-state index in [4.69, 9.17) is 0 Å². The molecule has 1 rings (SSSR count). The van der Waals surface area contributed by atoms with Crippen molar-refractivity contribution in [2.75, 3.05) is 7.11 Å². The second-order valence-corrected chi connectivity index (χ2v) is 3.22. The quantitative estimate of drug-likeness (QED) is 0.618. The zero-order valence-corrected chi connectivity index (χ0v) is 9.22. The highest BCUT2D eigenvalue weighted by Gasteiger charge is 2.41. The average Bonchev–Trinajstić information content (AvgIpc) is 2.24. The molecule has 0 fully saturated rings. The highest BCUT2D eigenvalue weighted by Crippen LogP contribution is 2.40. The van der Waals surface area contributed by atoms with E-state index in [0.29, 0.717) is 6.07 Å². The van der Waals surface area contributed by atoms with Crippen LogP contribution >= 0.6 is 0 Å². The number of halogens is 6. The molecule has 0 saturated carbocycles. The van der Waals surface area contributed by atoms with Crippen molar-refractivity contribution < 1.29 is 40.6 Å². The van der Waals surface area contributed by atoms with Crippen LogP contribution in [0.4, 0.5) is 26.3 Å². The Morgan fingerprint density at radius 3 is 2.11 bits per heavy atom. The zero-order valence-electron chi connectivity index (χ0n) is 9.22. The van der Waals surface area contributed by atoms with Gasteiger partial charge in [0.05, 0.1) is 12.7 Å². The first-order valence-corrected chi connectivity index (χ1v) is 4.60. The van der Waals surface area contributed by atoms with E-state index in [0.717, 1.165) is 19.2 Å². The molecular formula is C10H6F6O3. The third-order valence-corrected chi connectivity index (χ3v) is 1.94. The minimum atomic E-state index is -5.37. The Bertz CT molecular complexity index is 477. The Morgan fingerprint density at radius 2 is 1.68 bits per heavy atom. The number of hydrogen-bond acceptors (Lipinski definition) is 3. The van der Waals surface area contributed by atoms with Gasteiger partial charge in [-0.05, 0) is 12.1 Å². The molecule has 0 N–H and O–H groups in total. The van der Waals surface area contributed by atoms with E-state index in [2.05, 4.69) is 9.47 Å². The number of hydrogen-bond donors (Lipinski definition) is 0. The molecule has 0 aliphatic heterocycles. The fourth-order valence-corrected chi connectivity index (χ4v) is 1.26. The van der Waals surface area contributed by atoms with Gasteiger partial charge in [0, 0.05) is 0 Å². The van der Waals surface area contributed by atoms with E-state index < -0.39 is 35.4 Å². The summed E-state index contributed by atoms with van der Waals surface area (Å²) >= 11 is 0. The van der Waals surface area contributed by atoms with Gasteiger partial charge in [0.15, 0.2) is 5.75 Å². The predicted molar refractivity (Wildman–Crippen MR) is 49.5 cm³/mol. The summed E-state index contributed by atoms with van der Waals surface area (Å²) in [5.41, 5.74) is -2.68. The molecule has 9 heteroatoms. The number of carbonyl (C=O) groups is 1. The lowest BCUT2D eigenvalue weighted by Gasteiger charge is -2.17. The van der Waals surface area contributed by atoms with Crippen molar-refractivity contribution in [3.63, 3.8) is 0 Å². The summed E-state index contributed by atoms with van der Waals surface area (Å²) in [6.07, 6.45) is -10.5. The molecule has 1 aromatic carbocycles. The van der Waals surface area contributed by atoms with Gasteiger partial charge in [0.25, 0.3) is 0 Å². The van der Waals surface area contributed by atoms with Gasteiger partial charge in [-0.2, -0.15) is 13.2 Å². The second kappa shape index (κ2) is 4.98. The van der Waals surface area contributed by atoms with Crippen LogP contribution in [0.25, 0.3) is 0 Å². The Hall–Kier alpha value is -1.93. The van der Waals surface area contributed by atoms with Gasteiger partial charge in [-0.3, -0.25) is 0 Å². The van der Waals surface area contributed by atoms with E-state index in [1.165, 1.54) is 0 Å². The Labute approximate surface area is 102 Å². The molecule has 0 aromatic heterocycles. The molecule has 0 bridgehead atoms. The average molecular weight is 288 g/mol. The first-order chi connectivity index (χ1) is 8.56. The maximum Gasteiger partial charge on any atom is 0.573 e. The molecule has 106 valence electrons. The molecule has 0 unspecified atom stereocenters. The maximum atomic E-state index is 12.6. The third kappa shape index (κ3) is 3.76. The van der Waals surface area contributed by atoms with Crippen LogP contribution < -0.4 is 4.74 Å². The molecule has 0 spiro atoms. The smallest absolute Gasteiger partial charge is 0.465 e. The minimum absolute atomic E-state index is 0.369. The molecule has 0 saturated heterocycles. The van der Waals surface area contributed by atoms with Gasteiger partial charge in [0.2, 0.25) is 0 Å². The number of methoxy groups -OCH3 is 1. The van der Waals surface area contributed by atoms with E-state index in [1.807, 2.05) is 0 Å². The zero-order chi connectivity index (χ0) is 14.8. The van der Waals surface area contributed by atoms with Gasteiger partial charge < -0.3 is 9.47 Å². The highest BCUT2D eigenvalue weighted by molar-refractivity contribution is 5.93. The molecule has 0 aliphatic rings. The van der Waals surface area contributed by atoms with Gasteiger partial charge in [-0.15, -0.1) is 13.2 Å². The fourth-order valence-electron chi connectivity index (χ4n) is 1.26. The summed E-state index contributed by atoms with van der Waals surface area (Å²) in [4.78, 5) is 11.2. The second-order valence-electron chi connectivity index (χ2n) is 3.22. The number of benzene rings is 1. The van der Waals surface area contributed by atoms with Crippen LogP contribution in [0.15, 0.2) is 18.2 Å². The van der Waals surface area contributed by atoms with Crippen LogP contribution in [0.5, 0.6) is 5.75 Å². The standard InChI is InChI=1S/C10H6F6O3/c1-18-8(17)5-3-2-4-6(9(11,12)13)7(5)19-10(14,15)16/h2-4H,1H3. The van der Waals surface area contributed by atoms with Crippen molar-refractivity contribution in [3.8, 4) is 5.75 Å². The first-order valence-electron chi connectivity index (χ1n) is 4.60. The molecule has 1 aromatic rings. The van der Waals surface area contributed by atoms with Crippen LogP contribution in [0.3, 0.4) is 0 Å². The van der Waals surface area contributed by atoms with Crippen molar-refractivity contribution in [3.05, 3.63) is 29.3 Å². The SMILES string of the molecule is COC(=O)c1cccc(C(F)(F)F)c1OC(F)(F)F. The monoisotopic (exact) mass is 288 g/mol. The maximum absolute atomic E-state index is 12.6. The highest BCUT2D eigenvalue weighted by atomic mass is 19.4. The summed E-state index contributed by atoms with van der Waals surface area (Å²) in [7, 11) is 0.819. The topological polar surface area (TPSA) is 35.5 Å². The lowest BCUT2D eigenvalue weighted by atomic mass is 10.1. The summed E-state index contributed by atoms with van der Waals surface area (Å²) in [5.74, 6) is -3.00. The van der Waals surface area contributed by atoms with Crippen LogP contribution in [-0.4, -0.2) is 19.4 Å². The van der Waals surface area contributed by atoms with E-state index in [-0.39, 0.29) is 0 Å². The number of para-hydroxylation sites is 1. The molecular weight excluding hydrogens is 282 g/mol. The predicted octanol–water partition coefficient (Wildman–Crippen LogP) is 3.39.